The van der Waals surface area contributed by atoms with E-state index in [1.54, 1.807) is 26.0 Å². The Kier molecular flexibility index (Phi) is 10.3. The molecule has 0 bridgehead atoms. The molecule has 8 heteroatoms. The number of esters is 2. The molecule has 0 amide bonds. The molecule has 0 aliphatic heterocycles. The summed E-state index contributed by atoms with van der Waals surface area (Å²) >= 11 is 0. The minimum absolute atomic E-state index is 0.167. The maximum absolute atomic E-state index is 14.1. The molecule has 0 saturated heterocycles. The Labute approximate surface area is 192 Å². The van der Waals surface area contributed by atoms with Gasteiger partial charge in [-0.1, -0.05) is 6.58 Å². The molecule has 6 nitrogen and oxygen atoms in total. The zero-order valence-electron chi connectivity index (χ0n) is 18.8. The van der Waals surface area contributed by atoms with Gasteiger partial charge in [-0.25, -0.2) is 9.59 Å². The van der Waals surface area contributed by atoms with Gasteiger partial charge in [0.15, 0.2) is 11.5 Å². The van der Waals surface area contributed by atoms with Gasteiger partial charge in [0, 0.05) is 5.57 Å². The molecule has 0 saturated carbocycles. The summed E-state index contributed by atoms with van der Waals surface area (Å²) in [5.41, 5.74) is 0.556. The van der Waals surface area contributed by atoms with Gasteiger partial charge >= 0.3 is 11.9 Å². The molecular formula is C25H28F2O6. The van der Waals surface area contributed by atoms with Crippen molar-refractivity contribution in [3.05, 3.63) is 65.7 Å². The molecule has 2 aromatic carbocycles. The van der Waals surface area contributed by atoms with Gasteiger partial charge in [-0.3, -0.25) is 0 Å². The number of rotatable bonds is 13. The number of benzene rings is 2. The molecular weight excluding hydrogens is 434 g/mol. The van der Waals surface area contributed by atoms with Crippen molar-refractivity contribution in [2.45, 2.75) is 39.5 Å². The zero-order chi connectivity index (χ0) is 24.2. The number of unbranched alkanes of at least 4 members (excludes halogenated alkanes) is 3. The van der Waals surface area contributed by atoms with Crippen molar-refractivity contribution in [3.63, 3.8) is 0 Å². The van der Waals surface area contributed by atoms with Gasteiger partial charge in [-0.15, -0.1) is 0 Å². The standard InChI is InChI=1S/C25H28F2O6/c1-4-30-20-13-14-21(23(27)22(20)26)33-25(29)18-9-11-19(12-10-18)31-15-7-5-6-8-16-32-24(28)17(2)3/h9-14H,2,4-8,15-16H2,1,3H3. The maximum Gasteiger partial charge on any atom is 0.343 e. The maximum atomic E-state index is 14.1. The monoisotopic (exact) mass is 462 g/mol. The molecule has 33 heavy (non-hydrogen) atoms. The van der Waals surface area contributed by atoms with Crippen molar-refractivity contribution in [2.75, 3.05) is 19.8 Å². The van der Waals surface area contributed by atoms with Crippen molar-refractivity contribution in [3.8, 4) is 17.2 Å². The van der Waals surface area contributed by atoms with Crippen LogP contribution in [0.3, 0.4) is 0 Å². The lowest BCUT2D eigenvalue weighted by molar-refractivity contribution is -0.139. The Morgan fingerprint density at radius 1 is 0.848 bits per heavy atom. The molecule has 0 aromatic heterocycles. The third-order valence-electron chi connectivity index (χ3n) is 4.49. The van der Waals surface area contributed by atoms with Crippen LogP contribution in [0.15, 0.2) is 48.6 Å². The second kappa shape index (κ2) is 13.2. The fourth-order valence-electron chi connectivity index (χ4n) is 2.74. The molecule has 0 heterocycles. The highest BCUT2D eigenvalue weighted by atomic mass is 19.2. The summed E-state index contributed by atoms with van der Waals surface area (Å²) in [6.45, 7) is 7.82. The molecule has 2 rings (SSSR count). The van der Waals surface area contributed by atoms with Gasteiger partial charge in [-0.2, -0.15) is 8.78 Å². The van der Waals surface area contributed by atoms with Crippen LogP contribution in [0.1, 0.15) is 49.9 Å². The minimum atomic E-state index is -1.29. The Bertz CT molecular complexity index is 956. The second-order valence-corrected chi connectivity index (χ2v) is 7.22. The Balaban J connectivity index is 1.73. The first kappa shape index (κ1) is 25.8. The predicted molar refractivity (Wildman–Crippen MR) is 119 cm³/mol. The zero-order valence-corrected chi connectivity index (χ0v) is 18.8. The van der Waals surface area contributed by atoms with Crippen LogP contribution in [0, 0.1) is 11.6 Å². The van der Waals surface area contributed by atoms with Crippen molar-refractivity contribution < 1.29 is 37.3 Å². The molecule has 0 aliphatic rings. The van der Waals surface area contributed by atoms with Gasteiger partial charge in [0.25, 0.3) is 0 Å². The SMILES string of the molecule is C=C(C)C(=O)OCCCCCCOc1ccc(C(=O)Oc2ccc(OCC)c(F)c2F)cc1. The summed E-state index contributed by atoms with van der Waals surface area (Å²) in [5, 5.41) is 0. The van der Waals surface area contributed by atoms with Crippen LogP contribution in [0.25, 0.3) is 0 Å². The van der Waals surface area contributed by atoms with Crippen molar-refractivity contribution in [2.24, 2.45) is 0 Å². The second-order valence-electron chi connectivity index (χ2n) is 7.22. The third-order valence-corrected chi connectivity index (χ3v) is 4.49. The molecule has 0 fully saturated rings. The Morgan fingerprint density at radius 2 is 1.45 bits per heavy atom. The minimum Gasteiger partial charge on any atom is -0.494 e. The average Bonchev–Trinajstić information content (AvgIpc) is 2.80. The Hall–Kier alpha value is -3.42. The van der Waals surface area contributed by atoms with Gasteiger partial charge < -0.3 is 18.9 Å². The van der Waals surface area contributed by atoms with Crippen LogP contribution >= 0.6 is 0 Å². The first-order chi connectivity index (χ1) is 15.8. The molecule has 2 aromatic rings. The number of carbonyl (C=O) groups is 2. The van der Waals surface area contributed by atoms with Crippen molar-refractivity contribution in [1.29, 1.82) is 0 Å². The molecule has 0 N–H and O–H groups in total. The third kappa shape index (κ3) is 8.21. The highest BCUT2D eigenvalue weighted by molar-refractivity contribution is 5.91. The molecule has 0 spiro atoms. The van der Waals surface area contributed by atoms with Crippen LogP contribution in [0.4, 0.5) is 8.78 Å². The number of hydrogen-bond donors (Lipinski definition) is 0. The number of halogens is 2. The van der Waals surface area contributed by atoms with Crippen LogP contribution in [0.5, 0.6) is 17.2 Å². The van der Waals surface area contributed by atoms with E-state index in [9.17, 15) is 18.4 Å². The lowest BCUT2D eigenvalue weighted by Gasteiger charge is -2.10. The van der Waals surface area contributed by atoms with E-state index >= 15 is 0 Å². The topological polar surface area (TPSA) is 71.1 Å². The first-order valence-corrected chi connectivity index (χ1v) is 10.7. The highest BCUT2D eigenvalue weighted by Gasteiger charge is 2.18. The van der Waals surface area contributed by atoms with E-state index in [2.05, 4.69) is 6.58 Å². The van der Waals surface area contributed by atoms with E-state index in [4.69, 9.17) is 18.9 Å². The van der Waals surface area contributed by atoms with Gasteiger partial charge in [0.2, 0.25) is 11.6 Å². The first-order valence-electron chi connectivity index (χ1n) is 10.7. The lowest BCUT2D eigenvalue weighted by atomic mass is 10.2. The molecule has 0 radical (unpaired) electrons. The predicted octanol–water partition coefficient (Wildman–Crippen LogP) is 5.64. The largest absolute Gasteiger partial charge is 0.494 e. The fourth-order valence-corrected chi connectivity index (χ4v) is 2.74. The van der Waals surface area contributed by atoms with Crippen LogP contribution in [0.2, 0.25) is 0 Å². The molecule has 0 unspecified atom stereocenters. The number of hydrogen-bond acceptors (Lipinski definition) is 6. The van der Waals surface area contributed by atoms with Crippen LogP contribution < -0.4 is 14.2 Å². The van der Waals surface area contributed by atoms with Gasteiger partial charge in [0.1, 0.15) is 5.75 Å². The summed E-state index contributed by atoms with van der Waals surface area (Å²) in [6, 6.07) is 8.51. The van der Waals surface area contributed by atoms with Crippen LogP contribution in [-0.2, 0) is 9.53 Å². The highest BCUT2D eigenvalue weighted by Crippen LogP contribution is 2.28. The lowest BCUT2D eigenvalue weighted by Crippen LogP contribution is -2.10. The molecule has 0 atom stereocenters. The summed E-state index contributed by atoms with van der Waals surface area (Å²) in [7, 11) is 0. The van der Waals surface area contributed by atoms with E-state index in [0.29, 0.717) is 24.5 Å². The fraction of sp³-hybridized carbons (Fsp3) is 0.360. The quantitative estimate of drug-likeness (QED) is 0.166. The Morgan fingerprint density at radius 3 is 2.09 bits per heavy atom. The summed E-state index contributed by atoms with van der Waals surface area (Å²) in [5.74, 6) is -3.89. The summed E-state index contributed by atoms with van der Waals surface area (Å²) < 4.78 is 48.6. The van der Waals surface area contributed by atoms with Crippen molar-refractivity contribution >= 4 is 11.9 Å². The summed E-state index contributed by atoms with van der Waals surface area (Å²) in [6.07, 6.45) is 3.41. The van der Waals surface area contributed by atoms with Crippen molar-refractivity contribution in [1.82, 2.24) is 0 Å². The van der Waals surface area contributed by atoms with E-state index in [1.165, 1.54) is 18.2 Å². The van der Waals surface area contributed by atoms with E-state index in [0.717, 1.165) is 31.7 Å². The van der Waals surface area contributed by atoms with E-state index in [1.807, 2.05) is 0 Å². The van der Waals surface area contributed by atoms with E-state index in [-0.39, 0.29) is 23.9 Å². The number of ether oxygens (including phenoxy) is 4. The van der Waals surface area contributed by atoms with Crippen LogP contribution in [-0.4, -0.2) is 31.8 Å². The van der Waals surface area contributed by atoms with Gasteiger partial charge in [-0.05, 0) is 75.9 Å². The summed E-state index contributed by atoms with van der Waals surface area (Å²) in [4.78, 5) is 23.5. The normalized spacial score (nSPS) is 10.4. The van der Waals surface area contributed by atoms with Gasteiger partial charge in [0.05, 0.1) is 25.4 Å². The smallest absolute Gasteiger partial charge is 0.343 e. The van der Waals surface area contributed by atoms with E-state index < -0.39 is 23.4 Å². The molecule has 178 valence electrons. The number of carbonyl (C=O) groups excluding carboxylic acids is 2. The molecule has 0 aliphatic carbocycles. The average molecular weight is 462 g/mol.